The molecule has 0 atom stereocenters. The molecule has 0 radical (unpaired) electrons. The second-order valence-electron chi connectivity index (χ2n) is 6.73. The molecule has 5 nitrogen and oxygen atoms in total. The largest absolute Gasteiger partial charge is 0.465 e. The van der Waals surface area contributed by atoms with Crippen molar-refractivity contribution < 1.29 is 14.3 Å². The van der Waals surface area contributed by atoms with Crippen molar-refractivity contribution in [2.75, 3.05) is 40.0 Å². The standard InChI is InChI=1S/C19H24N2O3/c1-23-19(22)15-4-5-18-16(12-15)17(14-2-3-14)13-21(18)7-6-20-8-10-24-11-9-20/h4-5,12-14H,2-3,6-11H2,1H3. The van der Waals surface area contributed by atoms with E-state index in [-0.39, 0.29) is 5.97 Å². The second-order valence-corrected chi connectivity index (χ2v) is 6.73. The van der Waals surface area contributed by atoms with Crippen LogP contribution in [-0.4, -0.2) is 55.4 Å². The Morgan fingerprint density at radius 1 is 1.25 bits per heavy atom. The molecule has 1 saturated carbocycles. The summed E-state index contributed by atoms with van der Waals surface area (Å²) in [4.78, 5) is 14.3. The monoisotopic (exact) mass is 328 g/mol. The lowest BCUT2D eigenvalue weighted by Crippen LogP contribution is -2.38. The molecule has 2 heterocycles. The molecule has 4 rings (SSSR count). The lowest BCUT2D eigenvalue weighted by Gasteiger charge is -2.26. The fourth-order valence-electron chi connectivity index (χ4n) is 3.55. The van der Waals surface area contributed by atoms with Crippen molar-refractivity contribution >= 4 is 16.9 Å². The Morgan fingerprint density at radius 2 is 2.04 bits per heavy atom. The smallest absolute Gasteiger partial charge is 0.337 e. The normalized spacial score (nSPS) is 18.9. The van der Waals surface area contributed by atoms with E-state index in [9.17, 15) is 4.79 Å². The Balaban J connectivity index is 1.61. The molecule has 1 aromatic heterocycles. The Bertz CT molecular complexity index is 742. The SMILES string of the molecule is COC(=O)c1ccc2c(c1)c(C1CC1)cn2CCN1CCOCC1. The molecule has 2 aliphatic rings. The first-order valence-electron chi connectivity index (χ1n) is 8.77. The molecule has 1 aliphatic heterocycles. The predicted octanol–water partition coefficient (Wildman–Crippen LogP) is 2.64. The summed E-state index contributed by atoms with van der Waals surface area (Å²) in [5.41, 5.74) is 3.24. The van der Waals surface area contributed by atoms with E-state index in [2.05, 4.69) is 21.7 Å². The van der Waals surface area contributed by atoms with Gasteiger partial charge in [0, 0.05) is 43.3 Å². The Morgan fingerprint density at radius 3 is 2.75 bits per heavy atom. The van der Waals surface area contributed by atoms with Gasteiger partial charge in [-0.15, -0.1) is 0 Å². The minimum Gasteiger partial charge on any atom is -0.465 e. The number of aromatic nitrogens is 1. The third-order valence-electron chi connectivity index (χ3n) is 5.11. The molecular formula is C19H24N2O3. The van der Waals surface area contributed by atoms with Crippen LogP contribution in [0.15, 0.2) is 24.4 Å². The molecule has 1 aromatic carbocycles. The van der Waals surface area contributed by atoms with Gasteiger partial charge >= 0.3 is 5.97 Å². The topological polar surface area (TPSA) is 43.7 Å². The summed E-state index contributed by atoms with van der Waals surface area (Å²) >= 11 is 0. The lowest BCUT2D eigenvalue weighted by atomic mass is 10.1. The maximum Gasteiger partial charge on any atom is 0.337 e. The number of hydrogen-bond donors (Lipinski definition) is 0. The number of rotatable bonds is 5. The molecule has 0 N–H and O–H groups in total. The van der Waals surface area contributed by atoms with Gasteiger partial charge in [0.2, 0.25) is 0 Å². The van der Waals surface area contributed by atoms with Gasteiger partial charge in [-0.2, -0.15) is 0 Å². The van der Waals surface area contributed by atoms with Crippen LogP contribution >= 0.6 is 0 Å². The summed E-state index contributed by atoms with van der Waals surface area (Å²) in [5, 5.41) is 1.21. The number of carbonyl (C=O) groups is 1. The Hall–Kier alpha value is -1.85. The highest BCUT2D eigenvalue weighted by Gasteiger charge is 2.27. The van der Waals surface area contributed by atoms with Gasteiger partial charge < -0.3 is 14.0 Å². The molecule has 24 heavy (non-hydrogen) atoms. The first-order chi connectivity index (χ1) is 11.8. The summed E-state index contributed by atoms with van der Waals surface area (Å²) in [6.07, 6.45) is 4.81. The van der Waals surface area contributed by atoms with E-state index >= 15 is 0 Å². The molecule has 0 unspecified atom stereocenters. The van der Waals surface area contributed by atoms with Gasteiger partial charge in [0.25, 0.3) is 0 Å². The number of benzene rings is 1. The highest BCUT2D eigenvalue weighted by atomic mass is 16.5. The molecule has 1 aliphatic carbocycles. The van der Waals surface area contributed by atoms with Crippen molar-refractivity contribution in [2.24, 2.45) is 0 Å². The number of esters is 1. The molecule has 0 amide bonds. The fraction of sp³-hybridized carbons (Fsp3) is 0.526. The average molecular weight is 328 g/mol. The van der Waals surface area contributed by atoms with Crippen LogP contribution in [0.2, 0.25) is 0 Å². The fourth-order valence-corrected chi connectivity index (χ4v) is 3.55. The number of fused-ring (bicyclic) bond motifs is 1. The summed E-state index contributed by atoms with van der Waals surface area (Å²) in [6, 6.07) is 5.93. The van der Waals surface area contributed by atoms with Crippen molar-refractivity contribution in [2.45, 2.75) is 25.3 Å². The zero-order valence-corrected chi connectivity index (χ0v) is 14.2. The van der Waals surface area contributed by atoms with Crippen molar-refractivity contribution in [3.8, 4) is 0 Å². The van der Waals surface area contributed by atoms with E-state index in [1.807, 2.05) is 12.1 Å². The molecule has 1 saturated heterocycles. The zero-order valence-electron chi connectivity index (χ0n) is 14.2. The van der Waals surface area contributed by atoms with Crippen LogP contribution in [0.4, 0.5) is 0 Å². The van der Waals surface area contributed by atoms with Crippen molar-refractivity contribution in [3.05, 3.63) is 35.5 Å². The van der Waals surface area contributed by atoms with Gasteiger partial charge in [-0.1, -0.05) is 0 Å². The van der Waals surface area contributed by atoms with E-state index in [0.717, 1.165) is 39.4 Å². The van der Waals surface area contributed by atoms with Crippen LogP contribution in [0.25, 0.3) is 10.9 Å². The first-order valence-corrected chi connectivity index (χ1v) is 8.77. The summed E-state index contributed by atoms with van der Waals surface area (Å²) in [5.74, 6) is 0.393. The van der Waals surface area contributed by atoms with Crippen LogP contribution < -0.4 is 0 Å². The third kappa shape index (κ3) is 3.06. The number of nitrogens with zero attached hydrogens (tertiary/aromatic N) is 2. The maximum atomic E-state index is 11.8. The van der Waals surface area contributed by atoms with Crippen molar-refractivity contribution in [1.82, 2.24) is 9.47 Å². The lowest BCUT2D eigenvalue weighted by molar-refractivity contribution is 0.0365. The predicted molar refractivity (Wildman–Crippen MR) is 92.5 cm³/mol. The van der Waals surface area contributed by atoms with Crippen LogP contribution in [0.5, 0.6) is 0 Å². The van der Waals surface area contributed by atoms with Gasteiger partial charge in [-0.25, -0.2) is 4.79 Å². The van der Waals surface area contributed by atoms with Gasteiger partial charge in [0.05, 0.1) is 25.9 Å². The molecule has 128 valence electrons. The van der Waals surface area contributed by atoms with Crippen molar-refractivity contribution in [1.29, 1.82) is 0 Å². The van der Waals surface area contributed by atoms with E-state index < -0.39 is 0 Å². The first kappa shape index (κ1) is 15.7. The van der Waals surface area contributed by atoms with E-state index in [4.69, 9.17) is 9.47 Å². The summed E-state index contributed by atoms with van der Waals surface area (Å²) in [7, 11) is 1.43. The summed E-state index contributed by atoms with van der Waals surface area (Å²) in [6.45, 7) is 5.71. The molecule has 2 aromatic rings. The number of morpholine rings is 1. The Labute approximate surface area is 142 Å². The minimum absolute atomic E-state index is 0.264. The zero-order chi connectivity index (χ0) is 16.5. The molecular weight excluding hydrogens is 304 g/mol. The minimum atomic E-state index is -0.264. The van der Waals surface area contributed by atoms with Crippen LogP contribution in [0.1, 0.15) is 34.7 Å². The van der Waals surface area contributed by atoms with Crippen LogP contribution in [-0.2, 0) is 16.0 Å². The average Bonchev–Trinajstić information content (AvgIpc) is 3.41. The molecule has 5 heteroatoms. The van der Waals surface area contributed by atoms with Gasteiger partial charge in [0.15, 0.2) is 0 Å². The van der Waals surface area contributed by atoms with E-state index in [1.54, 1.807) is 0 Å². The van der Waals surface area contributed by atoms with E-state index in [0.29, 0.717) is 11.5 Å². The van der Waals surface area contributed by atoms with Crippen molar-refractivity contribution in [3.63, 3.8) is 0 Å². The number of methoxy groups -OCH3 is 1. The number of carbonyl (C=O) groups excluding carboxylic acids is 1. The van der Waals surface area contributed by atoms with Crippen LogP contribution in [0, 0.1) is 0 Å². The highest BCUT2D eigenvalue weighted by molar-refractivity contribution is 5.96. The third-order valence-corrected chi connectivity index (χ3v) is 5.11. The van der Waals surface area contributed by atoms with Gasteiger partial charge in [0.1, 0.15) is 0 Å². The molecule has 0 spiro atoms. The summed E-state index contributed by atoms with van der Waals surface area (Å²) < 4.78 is 12.6. The molecule has 2 fully saturated rings. The van der Waals surface area contributed by atoms with Gasteiger partial charge in [-0.3, -0.25) is 4.90 Å². The maximum absolute atomic E-state index is 11.8. The number of ether oxygens (including phenoxy) is 2. The molecule has 0 bridgehead atoms. The second kappa shape index (κ2) is 6.57. The van der Waals surface area contributed by atoms with Gasteiger partial charge in [-0.05, 0) is 42.5 Å². The quantitative estimate of drug-likeness (QED) is 0.792. The Kier molecular flexibility index (Phi) is 4.29. The number of hydrogen-bond acceptors (Lipinski definition) is 4. The highest BCUT2D eigenvalue weighted by Crippen LogP contribution is 2.44. The van der Waals surface area contributed by atoms with E-state index in [1.165, 1.54) is 36.4 Å². The van der Waals surface area contributed by atoms with Crippen LogP contribution in [0.3, 0.4) is 0 Å².